The van der Waals surface area contributed by atoms with Gasteiger partial charge in [0.15, 0.2) is 0 Å². The molecule has 3 atom stereocenters. The number of carboxylic acid groups (broad SMARTS) is 1. The second-order valence-electron chi connectivity index (χ2n) is 14.8. The molecule has 0 rings (SSSR count). The highest BCUT2D eigenvalue weighted by Crippen LogP contribution is 2.43. The summed E-state index contributed by atoms with van der Waals surface area (Å²) < 4.78 is 33.3. The van der Waals surface area contributed by atoms with E-state index in [9.17, 15) is 19.0 Å². The number of unbranched alkanes of at least 4 members (excludes halogenated alkanes) is 24. The van der Waals surface area contributed by atoms with Crippen molar-refractivity contribution in [1.29, 1.82) is 0 Å². The highest BCUT2D eigenvalue weighted by atomic mass is 31.2. The zero-order valence-corrected chi connectivity index (χ0v) is 35.5. The minimum atomic E-state index is -4.61. The molecular weight excluding hydrogens is 705 g/mol. The lowest BCUT2D eigenvalue weighted by Gasteiger charge is -2.20. The summed E-state index contributed by atoms with van der Waals surface area (Å²) >= 11 is 0. The Balaban J connectivity index is 4.23. The molecule has 0 aliphatic rings. The maximum Gasteiger partial charge on any atom is 0.472 e. The molecule has 0 heterocycles. The van der Waals surface area contributed by atoms with Gasteiger partial charge in [-0.25, -0.2) is 4.57 Å². The van der Waals surface area contributed by atoms with Gasteiger partial charge in [0, 0.05) is 13.0 Å². The summed E-state index contributed by atoms with van der Waals surface area (Å²) in [5.41, 5.74) is 5.35. The molecule has 3 unspecified atom stereocenters. The number of carboxylic acids is 1. The Morgan fingerprint density at radius 1 is 0.593 bits per heavy atom. The summed E-state index contributed by atoms with van der Waals surface area (Å²) in [6, 6.07) is -1.47. The maximum atomic E-state index is 12.6. The van der Waals surface area contributed by atoms with Crippen molar-refractivity contribution in [2.24, 2.45) is 5.73 Å². The number of phosphoric acid groups is 1. The average Bonchev–Trinajstić information content (AvgIpc) is 3.15. The molecule has 4 N–H and O–H groups in total. The Hall–Kier alpha value is -1.55. The first-order chi connectivity index (χ1) is 26.2. The fourth-order valence-electron chi connectivity index (χ4n) is 6.05. The molecule has 0 saturated carbocycles. The molecule has 0 amide bonds. The van der Waals surface area contributed by atoms with Crippen LogP contribution in [0.25, 0.3) is 0 Å². The third-order valence-corrected chi connectivity index (χ3v) is 10.4. The number of rotatable bonds is 42. The predicted octanol–water partition coefficient (Wildman–Crippen LogP) is 11.9. The van der Waals surface area contributed by atoms with E-state index in [1.165, 1.54) is 122 Å². The summed E-state index contributed by atoms with van der Waals surface area (Å²) in [4.78, 5) is 33.5. The second-order valence-corrected chi connectivity index (χ2v) is 16.3. The molecule has 0 aromatic carbocycles. The molecule has 10 nitrogen and oxygen atoms in total. The topological polar surface area (TPSA) is 155 Å². The number of carbonyl (C=O) groups is 2. The predicted molar refractivity (Wildman–Crippen MR) is 222 cm³/mol. The van der Waals surface area contributed by atoms with Gasteiger partial charge in [0.2, 0.25) is 0 Å². The highest BCUT2D eigenvalue weighted by Gasteiger charge is 2.27. The van der Waals surface area contributed by atoms with E-state index < -0.39 is 45.1 Å². The van der Waals surface area contributed by atoms with Gasteiger partial charge in [0.05, 0.1) is 19.8 Å². The van der Waals surface area contributed by atoms with Gasteiger partial charge in [-0.05, 0) is 44.9 Å². The largest absolute Gasteiger partial charge is 0.480 e. The van der Waals surface area contributed by atoms with Gasteiger partial charge in [-0.2, -0.15) is 0 Å². The van der Waals surface area contributed by atoms with Crippen LogP contribution in [0.1, 0.15) is 200 Å². The van der Waals surface area contributed by atoms with Crippen LogP contribution in [0.3, 0.4) is 0 Å². The first kappa shape index (κ1) is 52.5. The number of hydrogen-bond acceptors (Lipinski definition) is 8. The fourth-order valence-corrected chi connectivity index (χ4v) is 6.82. The molecule has 0 aliphatic heterocycles. The molecule has 0 fully saturated rings. The van der Waals surface area contributed by atoms with Crippen LogP contribution >= 0.6 is 7.82 Å². The highest BCUT2D eigenvalue weighted by molar-refractivity contribution is 7.47. The van der Waals surface area contributed by atoms with E-state index in [-0.39, 0.29) is 13.0 Å². The molecular formula is C43H82NO9P. The first-order valence-electron chi connectivity index (χ1n) is 21.9. The van der Waals surface area contributed by atoms with Crippen molar-refractivity contribution in [3.8, 4) is 0 Å². The number of nitrogens with two attached hydrogens (primary N) is 1. The molecule has 0 aliphatic carbocycles. The first-order valence-corrected chi connectivity index (χ1v) is 23.4. The molecule has 0 radical (unpaired) electrons. The van der Waals surface area contributed by atoms with Crippen molar-refractivity contribution in [2.45, 2.75) is 212 Å². The van der Waals surface area contributed by atoms with E-state index in [0.717, 1.165) is 51.4 Å². The molecule has 0 aromatic rings. The number of aliphatic carboxylic acids is 1. The van der Waals surface area contributed by atoms with E-state index in [1.54, 1.807) is 0 Å². The molecule has 54 heavy (non-hydrogen) atoms. The van der Waals surface area contributed by atoms with E-state index in [0.29, 0.717) is 13.0 Å². The van der Waals surface area contributed by atoms with E-state index >= 15 is 0 Å². The van der Waals surface area contributed by atoms with Crippen LogP contribution in [0.2, 0.25) is 0 Å². The fraction of sp³-hybridized carbons (Fsp3) is 0.860. The Bertz CT molecular complexity index is 961. The van der Waals surface area contributed by atoms with Crippen LogP contribution < -0.4 is 5.73 Å². The van der Waals surface area contributed by atoms with Gasteiger partial charge in [-0.15, -0.1) is 0 Å². The lowest BCUT2D eigenvalue weighted by atomic mass is 10.0. The van der Waals surface area contributed by atoms with Crippen molar-refractivity contribution >= 4 is 19.8 Å². The minimum absolute atomic E-state index is 0.0177. The SMILES string of the molecule is CCCCCC/C=C\C/C=C\CCCCCCCCCC(=O)OC(COCCCCCCCCCCCCCCCC)COP(=O)(O)OCC(N)C(=O)O. The maximum absolute atomic E-state index is 12.6. The quantitative estimate of drug-likeness (QED) is 0.0236. The molecule has 0 saturated heterocycles. The zero-order chi connectivity index (χ0) is 39.8. The Kier molecular flexibility index (Phi) is 38.5. The standard InChI is InChI=1S/C43H82NO9P/c1-3-5-7-9-11-13-15-17-19-20-21-22-23-25-27-29-31-33-35-42(45)53-40(38-51-54(48,49)52-39-41(44)43(46)47)37-50-36-34-32-30-28-26-24-18-16-14-12-10-8-6-4-2/h13,15,19-20,40-41H,3-12,14,16-18,21-39,44H2,1-2H3,(H,46,47)(H,48,49)/b15-13-,20-19-. The summed E-state index contributed by atoms with van der Waals surface area (Å²) in [5, 5.41) is 8.89. The zero-order valence-electron chi connectivity index (χ0n) is 34.6. The third kappa shape index (κ3) is 38.7. The van der Waals surface area contributed by atoms with Gasteiger partial charge in [-0.1, -0.05) is 173 Å². The van der Waals surface area contributed by atoms with E-state index in [4.69, 9.17) is 29.4 Å². The lowest BCUT2D eigenvalue weighted by molar-refractivity contribution is -0.154. The van der Waals surface area contributed by atoms with Crippen molar-refractivity contribution < 1.29 is 42.7 Å². The van der Waals surface area contributed by atoms with Crippen molar-refractivity contribution in [1.82, 2.24) is 0 Å². The number of hydrogen-bond donors (Lipinski definition) is 3. The van der Waals surface area contributed by atoms with Gasteiger partial charge in [-0.3, -0.25) is 18.6 Å². The Morgan fingerprint density at radius 3 is 1.52 bits per heavy atom. The Morgan fingerprint density at radius 2 is 1.02 bits per heavy atom. The summed E-state index contributed by atoms with van der Waals surface area (Å²) in [5.74, 6) is -1.78. The van der Waals surface area contributed by atoms with Gasteiger partial charge >= 0.3 is 19.8 Å². The summed E-state index contributed by atoms with van der Waals surface area (Å²) in [6.45, 7) is 3.88. The summed E-state index contributed by atoms with van der Waals surface area (Å²) in [7, 11) is -4.61. The van der Waals surface area contributed by atoms with Crippen LogP contribution in [0.4, 0.5) is 0 Å². The number of allylic oxidation sites excluding steroid dienone is 4. The van der Waals surface area contributed by atoms with Gasteiger partial charge < -0.3 is 25.2 Å². The smallest absolute Gasteiger partial charge is 0.472 e. The number of phosphoric ester groups is 1. The van der Waals surface area contributed by atoms with E-state index in [1.807, 2.05) is 0 Å². The average molecular weight is 788 g/mol. The third-order valence-electron chi connectivity index (χ3n) is 9.48. The van der Waals surface area contributed by atoms with E-state index in [2.05, 4.69) is 38.2 Å². The van der Waals surface area contributed by atoms with Crippen molar-refractivity contribution in [3.63, 3.8) is 0 Å². The second kappa shape index (κ2) is 39.7. The van der Waals surface area contributed by atoms with Crippen LogP contribution in [0.15, 0.2) is 24.3 Å². The van der Waals surface area contributed by atoms with Gasteiger partial charge in [0.1, 0.15) is 12.1 Å². The van der Waals surface area contributed by atoms with Crippen molar-refractivity contribution in [3.05, 3.63) is 24.3 Å². The summed E-state index contributed by atoms with van der Waals surface area (Å²) in [6.07, 6.45) is 42.2. The van der Waals surface area contributed by atoms with Crippen molar-refractivity contribution in [2.75, 3.05) is 26.4 Å². The van der Waals surface area contributed by atoms with Crippen LogP contribution in [0.5, 0.6) is 0 Å². The van der Waals surface area contributed by atoms with Gasteiger partial charge in [0.25, 0.3) is 0 Å². The van der Waals surface area contributed by atoms with Crippen LogP contribution in [0, 0.1) is 0 Å². The molecule has 0 aromatic heterocycles. The monoisotopic (exact) mass is 788 g/mol. The van der Waals surface area contributed by atoms with Crippen LogP contribution in [-0.4, -0.2) is 60.5 Å². The number of carbonyl (C=O) groups excluding carboxylic acids is 1. The number of ether oxygens (including phenoxy) is 2. The molecule has 318 valence electrons. The minimum Gasteiger partial charge on any atom is -0.480 e. The van der Waals surface area contributed by atoms with Crippen LogP contribution in [-0.2, 0) is 32.7 Å². The molecule has 11 heteroatoms. The lowest BCUT2D eigenvalue weighted by Crippen LogP contribution is -2.34. The normalized spacial score (nSPS) is 14.1. The molecule has 0 bridgehead atoms. The Labute approximate surface area is 330 Å². The number of esters is 1. The molecule has 0 spiro atoms.